The van der Waals surface area contributed by atoms with Gasteiger partial charge in [0.05, 0.1) is 12.1 Å². The van der Waals surface area contributed by atoms with Gasteiger partial charge in [-0.2, -0.15) is 0 Å². The molecule has 2 rings (SSSR count). The maximum atomic E-state index is 11.6. The molecule has 2 N–H and O–H groups in total. The molecule has 2 aromatic rings. The molecule has 0 atom stereocenters. The van der Waals surface area contributed by atoms with Gasteiger partial charge in [-0.15, -0.1) is 0 Å². The number of carbonyl (C=O) groups is 1. The molecule has 0 saturated heterocycles. The predicted octanol–water partition coefficient (Wildman–Crippen LogP) is 0.212. The van der Waals surface area contributed by atoms with Crippen LogP contribution in [0, 0.1) is 0 Å². The van der Waals surface area contributed by atoms with Crippen LogP contribution >= 0.6 is 0 Å². The van der Waals surface area contributed by atoms with Crippen molar-refractivity contribution in [2.45, 2.75) is 19.8 Å². The highest BCUT2D eigenvalue weighted by Crippen LogP contribution is 2.07. The summed E-state index contributed by atoms with van der Waals surface area (Å²) >= 11 is 0. The Bertz CT molecular complexity index is 597. The Morgan fingerprint density at radius 2 is 2.38 bits per heavy atom. The van der Waals surface area contributed by atoms with Crippen LogP contribution in [0.4, 0.5) is 0 Å². The van der Waals surface area contributed by atoms with Crippen molar-refractivity contribution >= 4 is 11.6 Å². The summed E-state index contributed by atoms with van der Waals surface area (Å²) in [6.45, 7) is 1.94. The van der Waals surface area contributed by atoms with Gasteiger partial charge in [0.1, 0.15) is 0 Å². The summed E-state index contributed by atoms with van der Waals surface area (Å²) in [5.41, 5.74) is 1.39. The monoisotopic (exact) mass is 221 g/mol. The third-order valence-corrected chi connectivity index (χ3v) is 2.34. The molecular weight excluding hydrogens is 210 g/mol. The van der Waals surface area contributed by atoms with Crippen LogP contribution in [-0.2, 0) is 17.6 Å². The third kappa shape index (κ3) is 1.69. The summed E-state index contributed by atoms with van der Waals surface area (Å²) in [6.07, 6.45) is 2.20. The molecule has 0 aliphatic rings. The van der Waals surface area contributed by atoms with Crippen LogP contribution in [-0.4, -0.2) is 25.7 Å². The second-order valence-corrected chi connectivity index (χ2v) is 3.47. The summed E-state index contributed by atoms with van der Waals surface area (Å²) in [5, 5.41) is 11.4. The fraction of sp³-hybridized carbons (Fsp3) is 0.300. The zero-order chi connectivity index (χ0) is 11.7. The largest absolute Gasteiger partial charge is 0.481 e. The van der Waals surface area contributed by atoms with E-state index in [1.54, 1.807) is 6.20 Å². The highest BCUT2D eigenvalue weighted by molar-refractivity contribution is 5.69. The smallest absolute Gasteiger partial charge is 0.309 e. The molecule has 0 spiro atoms. The van der Waals surface area contributed by atoms with Gasteiger partial charge in [0.25, 0.3) is 5.56 Å². The highest BCUT2D eigenvalue weighted by atomic mass is 16.4. The van der Waals surface area contributed by atoms with Gasteiger partial charge in [0, 0.05) is 17.8 Å². The van der Waals surface area contributed by atoms with Gasteiger partial charge in [-0.3, -0.25) is 14.7 Å². The molecule has 0 amide bonds. The number of carboxylic acids is 1. The first kappa shape index (κ1) is 10.4. The maximum absolute atomic E-state index is 11.6. The van der Waals surface area contributed by atoms with Crippen molar-refractivity contribution in [2.75, 3.05) is 0 Å². The minimum atomic E-state index is -0.996. The number of fused-ring (bicyclic) bond motifs is 1. The molecule has 84 valence electrons. The Hall–Kier alpha value is -2.11. The van der Waals surface area contributed by atoms with Gasteiger partial charge in [-0.1, -0.05) is 6.92 Å². The third-order valence-electron chi connectivity index (χ3n) is 2.34. The van der Waals surface area contributed by atoms with E-state index in [2.05, 4.69) is 10.1 Å². The number of aromatic nitrogens is 3. The quantitative estimate of drug-likeness (QED) is 0.775. The Kier molecular flexibility index (Phi) is 2.47. The SMILES string of the molecule is CCc1c[nH]n2c(=O)cc(CC(=O)O)nc12. The molecule has 0 radical (unpaired) electrons. The maximum Gasteiger partial charge on any atom is 0.309 e. The molecule has 16 heavy (non-hydrogen) atoms. The van der Waals surface area contributed by atoms with Gasteiger partial charge in [0.2, 0.25) is 0 Å². The lowest BCUT2D eigenvalue weighted by atomic mass is 10.2. The first-order valence-corrected chi connectivity index (χ1v) is 4.92. The number of H-pyrrole nitrogens is 1. The van der Waals surface area contributed by atoms with E-state index in [0.29, 0.717) is 5.65 Å². The van der Waals surface area contributed by atoms with Gasteiger partial charge in [-0.05, 0) is 6.42 Å². The molecule has 0 aliphatic carbocycles. The molecule has 6 nitrogen and oxygen atoms in total. The van der Waals surface area contributed by atoms with Crippen molar-refractivity contribution in [2.24, 2.45) is 0 Å². The number of carboxylic acid groups (broad SMARTS) is 1. The minimum Gasteiger partial charge on any atom is -0.481 e. The van der Waals surface area contributed by atoms with Gasteiger partial charge in [-0.25, -0.2) is 9.50 Å². The van der Waals surface area contributed by atoms with Crippen LogP contribution in [0.2, 0.25) is 0 Å². The number of aryl methyl sites for hydroxylation is 1. The van der Waals surface area contributed by atoms with Crippen molar-refractivity contribution in [1.29, 1.82) is 0 Å². The van der Waals surface area contributed by atoms with Crippen LogP contribution in [0.5, 0.6) is 0 Å². The molecule has 0 bridgehead atoms. The molecular formula is C10H11N3O3. The Labute approximate surface area is 90.5 Å². The fourth-order valence-corrected chi connectivity index (χ4v) is 1.58. The normalized spacial score (nSPS) is 10.8. The summed E-state index contributed by atoms with van der Waals surface area (Å²) in [6, 6.07) is 1.23. The van der Waals surface area contributed by atoms with E-state index >= 15 is 0 Å². The van der Waals surface area contributed by atoms with Crippen LogP contribution in [0.1, 0.15) is 18.2 Å². The van der Waals surface area contributed by atoms with Crippen LogP contribution in [0.15, 0.2) is 17.1 Å². The number of hydrogen-bond donors (Lipinski definition) is 2. The Balaban J connectivity index is 2.63. The van der Waals surface area contributed by atoms with Crippen LogP contribution in [0.25, 0.3) is 5.65 Å². The number of rotatable bonds is 3. The van der Waals surface area contributed by atoms with Crippen molar-refractivity contribution < 1.29 is 9.90 Å². The molecule has 0 aliphatic heterocycles. The predicted molar refractivity (Wildman–Crippen MR) is 56.5 cm³/mol. The fourth-order valence-electron chi connectivity index (χ4n) is 1.58. The molecule has 2 aromatic heterocycles. The van der Waals surface area contributed by atoms with Crippen molar-refractivity contribution in [3.63, 3.8) is 0 Å². The van der Waals surface area contributed by atoms with E-state index < -0.39 is 5.97 Å². The van der Waals surface area contributed by atoms with Crippen molar-refractivity contribution in [3.8, 4) is 0 Å². The van der Waals surface area contributed by atoms with Gasteiger partial charge >= 0.3 is 5.97 Å². The molecule has 6 heteroatoms. The van der Waals surface area contributed by atoms with E-state index in [-0.39, 0.29) is 17.7 Å². The van der Waals surface area contributed by atoms with Crippen LogP contribution in [0.3, 0.4) is 0 Å². The Morgan fingerprint density at radius 3 is 3.00 bits per heavy atom. The lowest BCUT2D eigenvalue weighted by molar-refractivity contribution is -0.136. The van der Waals surface area contributed by atoms with Crippen molar-refractivity contribution in [3.05, 3.63) is 33.9 Å². The zero-order valence-corrected chi connectivity index (χ0v) is 8.73. The summed E-state index contributed by atoms with van der Waals surface area (Å²) < 4.78 is 1.31. The number of nitrogens with zero attached hydrogens (tertiary/aromatic N) is 2. The number of hydrogen-bond acceptors (Lipinski definition) is 3. The first-order chi connectivity index (χ1) is 7.61. The van der Waals surface area contributed by atoms with E-state index in [4.69, 9.17) is 5.11 Å². The first-order valence-electron chi connectivity index (χ1n) is 4.92. The average molecular weight is 221 g/mol. The van der Waals surface area contributed by atoms with Gasteiger partial charge < -0.3 is 5.11 Å². The van der Waals surface area contributed by atoms with Gasteiger partial charge in [0.15, 0.2) is 5.65 Å². The highest BCUT2D eigenvalue weighted by Gasteiger charge is 2.09. The molecule has 0 saturated carbocycles. The number of aromatic amines is 1. The topological polar surface area (TPSA) is 87.5 Å². The lowest BCUT2D eigenvalue weighted by Gasteiger charge is -1.98. The Morgan fingerprint density at radius 1 is 1.62 bits per heavy atom. The van der Waals surface area contributed by atoms with E-state index in [1.807, 2.05) is 6.92 Å². The van der Waals surface area contributed by atoms with Crippen molar-refractivity contribution in [1.82, 2.24) is 14.6 Å². The molecule has 0 unspecified atom stereocenters. The number of aliphatic carboxylic acids is 1. The average Bonchev–Trinajstić information content (AvgIpc) is 2.60. The summed E-state index contributed by atoms with van der Waals surface area (Å²) in [4.78, 5) is 26.3. The van der Waals surface area contributed by atoms with E-state index in [0.717, 1.165) is 12.0 Å². The zero-order valence-electron chi connectivity index (χ0n) is 8.73. The lowest BCUT2D eigenvalue weighted by Crippen LogP contribution is -2.17. The van der Waals surface area contributed by atoms with E-state index in [9.17, 15) is 9.59 Å². The summed E-state index contributed by atoms with van der Waals surface area (Å²) in [7, 11) is 0. The van der Waals surface area contributed by atoms with Crippen LogP contribution < -0.4 is 5.56 Å². The minimum absolute atomic E-state index is 0.236. The molecule has 0 fully saturated rings. The van der Waals surface area contributed by atoms with E-state index in [1.165, 1.54) is 10.6 Å². The second-order valence-electron chi connectivity index (χ2n) is 3.47. The standard InChI is InChI=1S/C10H11N3O3/c1-2-6-5-11-13-8(14)3-7(4-9(15)16)12-10(6)13/h3,5,11H,2,4H2,1H3,(H,15,16). The summed E-state index contributed by atoms with van der Waals surface area (Å²) in [5.74, 6) is -0.996. The second kappa shape index (κ2) is 3.80. The number of nitrogens with one attached hydrogen (secondary N) is 1. The molecule has 0 aromatic carbocycles. The molecule has 2 heterocycles.